The van der Waals surface area contributed by atoms with E-state index >= 15 is 0 Å². The lowest BCUT2D eigenvalue weighted by Gasteiger charge is -2.21. The third-order valence-electron chi connectivity index (χ3n) is 15.7. The predicted molar refractivity (Wildman–Crippen MR) is 349 cm³/mol. The molecule has 0 aliphatic carbocycles. The molecule has 0 aromatic heterocycles. The monoisotopic (exact) mass is 1280 g/mol. The highest BCUT2D eigenvalue weighted by Crippen LogP contribution is 2.45. The highest BCUT2D eigenvalue weighted by molar-refractivity contribution is 7.47. The molecule has 0 saturated carbocycles. The van der Waals surface area contributed by atoms with Crippen LogP contribution in [0, 0.1) is 11.8 Å². The van der Waals surface area contributed by atoms with Gasteiger partial charge in [-0.15, -0.1) is 0 Å². The van der Waals surface area contributed by atoms with E-state index in [1.807, 2.05) is 0 Å². The minimum Gasteiger partial charge on any atom is -0.462 e. The maximum Gasteiger partial charge on any atom is 0.472 e. The van der Waals surface area contributed by atoms with Crippen molar-refractivity contribution in [3.63, 3.8) is 0 Å². The number of rotatable bonds is 67. The maximum absolute atomic E-state index is 13.0. The lowest BCUT2D eigenvalue weighted by atomic mass is 10.0. The molecular weight excluding hydrogens is 1150 g/mol. The van der Waals surface area contributed by atoms with Crippen LogP contribution in [0.1, 0.15) is 343 Å². The number of carbonyl (C=O) groups is 4. The Labute approximate surface area is 530 Å². The summed E-state index contributed by atoms with van der Waals surface area (Å²) in [4.78, 5) is 72.3. The Hall–Kier alpha value is -1.94. The van der Waals surface area contributed by atoms with Crippen molar-refractivity contribution in [2.24, 2.45) is 11.8 Å². The van der Waals surface area contributed by atoms with Crippen molar-refractivity contribution in [2.45, 2.75) is 362 Å². The number of aliphatic hydroxyl groups is 1. The molecule has 0 heterocycles. The van der Waals surface area contributed by atoms with Gasteiger partial charge in [-0.3, -0.25) is 37.3 Å². The molecular formula is C68H132O17P2. The van der Waals surface area contributed by atoms with Gasteiger partial charge >= 0.3 is 39.5 Å². The molecule has 0 aromatic carbocycles. The molecule has 516 valence electrons. The van der Waals surface area contributed by atoms with Crippen LogP contribution >= 0.6 is 15.6 Å². The average Bonchev–Trinajstić information content (AvgIpc) is 3.68. The Morgan fingerprint density at radius 3 is 0.782 bits per heavy atom. The number of hydrogen-bond donors (Lipinski definition) is 3. The van der Waals surface area contributed by atoms with Gasteiger partial charge in [0.15, 0.2) is 12.2 Å². The van der Waals surface area contributed by atoms with E-state index in [1.54, 1.807) is 0 Å². The topological polar surface area (TPSA) is 237 Å². The highest BCUT2D eigenvalue weighted by atomic mass is 31.2. The fourth-order valence-corrected chi connectivity index (χ4v) is 11.8. The second-order valence-corrected chi connectivity index (χ2v) is 28.4. The third-order valence-corrected chi connectivity index (χ3v) is 17.6. The summed E-state index contributed by atoms with van der Waals surface area (Å²) >= 11 is 0. The maximum atomic E-state index is 13.0. The minimum atomic E-state index is -4.95. The molecule has 0 fully saturated rings. The first kappa shape index (κ1) is 85.1. The molecule has 0 aromatic rings. The van der Waals surface area contributed by atoms with E-state index in [0.717, 1.165) is 102 Å². The zero-order chi connectivity index (χ0) is 64.3. The summed E-state index contributed by atoms with van der Waals surface area (Å²) in [7, 11) is -9.89. The fraction of sp³-hybridized carbons (Fsp3) is 0.941. The molecule has 19 heteroatoms. The zero-order valence-corrected chi connectivity index (χ0v) is 58.1. The molecule has 0 saturated heterocycles. The normalized spacial score (nSPS) is 14.2. The van der Waals surface area contributed by atoms with Gasteiger partial charge < -0.3 is 33.8 Å². The molecule has 2 unspecified atom stereocenters. The van der Waals surface area contributed by atoms with E-state index in [4.69, 9.17) is 37.0 Å². The molecule has 17 nitrogen and oxygen atoms in total. The van der Waals surface area contributed by atoms with Crippen molar-refractivity contribution in [2.75, 3.05) is 39.6 Å². The Kier molecular flexibility index (Phi) is 59.0. The molecule has 0 spiro atoms. The first-order valence-corrected chi connectivity index (χ1v) is 38.5. The van der Waals surface area contributed by atoms with Gasteiger partial charge in [0.25, 0.3) is 0 Å². The van der Waals surface area contributed by atoms with Gasteiger partial charge in [0.05, 0.1) is 26.4 Å². The SMILES string of the molecule is CCCCCCCCCCCCCCCCCCCCC(=O)O[C@H](COC(=O)CCCCCCCCCCCC(C)C)COP(=O)(O)OC[C@@H](O)COP(=O)(O)OC[C@@H](COC(=O)CCCCCCCCCC)OC(=O)CCCCCCCCC(C)C. The molecule has 0 rings (SSSR count). The second kappa shape index (κ2) is 60.3. The Morgan fingerprint density at radius 2 is 0.529 bits per heavy atom. The first-order valence-electron chi connectivity index (χ1n) is 35.5. The van der Waals surface area contributed by atoms with Crippen LogP contribution in [0.2, 0.25) is 0 Å². The van der Waals surface area contributed by atoms with Crippen molar-refractivity contribution >= 4 is 39.5 Å². The number of ether oxygens (including phenoxy) is 4. The number of unbranched alkanes of at least 4 members (excludes halogenated alkanes) is 37. The van der Waals surface area contributed by atoms with Gasteiger partial charge in [0, 0.05) is 25.7 Å². The summed E-state index contributed by atoms with van der Waals surface area (Å²) in [5, 5.41) is 10.6. The molecule has 0 bridgehead atoms. The smallest absolute Gasteiger partial charge is 0.462 e. The van der Waals surface area contributed by atoms with E-state index in [2.05, 4.69) is 41.5 Å². The number of carbonyl (C=O) groups excluding carboxylic acids is 4. The number of hydrogen-bond acceptors (Lipinski definition) is 15. The Bertz CT molecular complexity index is 1700. The Balaban J connectivity index is 5.19. The lowest BCUT2D eigenvalue weighted by Crippen LogP contribution is -2.30. The van der Waals surface area contributed by atoms with E-state index < -0.39 is 97.5 Å². The molecule has 87 heavy (non-hydrogen) atoms. The van der Waals surface area contributed by atoms with Crippen LogP contribution in [0.5, 0.6) is 0 Å². The third kappa shape index (κ3) is 62.6. The van der Waals surface area contributed by atoms with Crippen LogP contribution in [-0.2, 0) is 65.4 Å². The zero-order valence-electron chi connectivity index (χ0n) is 56.3. The predicted octanol–water partition coefficient (Wildman–Crippen LogP) is 19.2. The second-order valence-electron chi connectivity index (χ2n) is 25.5. The summed E-state index contributed by atoms with van der Waals surface area (Å²) < 4.78 is 68.1. The van der Waals surface area contributed by atoms with Crippen LogP contribution in [0.25, 0.3) is 0 Å². The van der Waals surface area contributed by atoms with Crippen LogP contribution in [0.15, 0.2) is 0 Å². The van der Waals surface area contributed by atoms with E-state index in [-0.39, 0.29) is 25.7 Å². The van der Waals surface area contributed by atoms with Crippen molar-refractivity contribution < 1.29 is 80.2 Å². The van der Waals surface area contributed by atoms with Gasteiger partial charge in [-0.05, 0) is 37.5 Å². The van der Waals surface area contributed by atoms with Crippen LogP contribution in [-0.4, -0.2) is 96.7 Å². The summed E-state index contributed by atoms with van der Waals surface area (Å²) in [6.45, 7) is 9.39. The molecule has 0 radical (unpaired) electrons. The summed E-state index contributed by atoms with van der Waals surface area (Å²) in [6, 6.07) is 0. The molecule has 0 aliphatic heterocycles. The van der Waals surface area contributed by atoms with E-state index in [1.165, 1.54) is 154 Å². The standard InChI is InChI=1S/C68H132O17P2/c1-7-9-11-13-15-17-18-19-20-21-22-23-24-25-28-33-40-46-52-67(72)84-63(56-79-66(71)51-45-39-32-29-26-27-30-36-42-48-60(3)4)58-82-86(74,75)80-54-62(69)55-81-87(76,77)83-59-64(57-78-65(70)50-44-38-31-16-14-12-10-8-2)85-68(73)53-47-41-35-34-37-43-49-61(5)6/h60-64,69H,7-59H2,1-6H3,(H,74,75)(H,76,77)/t62-,63-,64-/m1/s1. The number of esters is 4. The van der Waals surface area contributed by atoms with Crippen molar-refractivity contribution in [1.82, 2.24) is 0 Å². The van der Waals surface area contributed by atoms with Crippen molar-refractivity contribution in [3.8, 4) is 0 Å². The van der Waals surface area contributed by atoms with Crippen LogP contribution < -0.4 is 0 Å². The molecule has 0 amide bonds. The molecule has 3 N–H and O–H groups in total. The van der Waals surface area contributed by atoms with Gasteiger partial charge in [0.1, 0.15) is 19.3 Å². The summed E-state index contributed by atoms with van der Waals surface area (Å²) in [5.41, 5.74) is 0. The van der Waals surface area contributed by atoms with Crippen LogP contribution in [0.4, 0.5) is 0 Å². The van der Waals surface area contributed by atoms with Crippen LogP contribution in [0.3, 0.4) is 0 Å². The average molecular weight is 1280 g/mol. The minimum absolute atomic E-state index is 0.102. The molecule has 5 atom stereocenters. The summed E-state index contributed by atoms with van der Waals surface area (Å²) in [5.74, 6) is -0.721. The summed E-state index contributed by atoms with van der Waals surface area (Å²) in [6.07, 6.45) is 44.8. The number of phosphoric acid groups is 2. The number of phosphoric ester groups is 2. The van der Waals surface area contributed by atoms with Gasteiger partial charge in [0.2, 0.25) is 0 Å². The first-order chi connectivity index (χ1) is 41.9. The van der Waals surface area contributed by atoms with Gasteiger partial charge in [-0.25, -0.2) is 9.13 Å². The van der Waals surface area contributed by atoms with Gasteiger partial charge in [-0.2, -0.15) is 0 Å². The largest absolute Gasteiger partial charge is 0.472 e. The fourth-order valence-electron chi connectivity index (χ4n) is 10.2. The lowest BCUT2D eigenvalue weighted by molar-refractivity contribution is -0.161. The Morgan fingerprint density at radius 1 is 0.310 bits per heavy atom. The van der Waals surface area contributed by atoms with E-state index in [0.29, 0.717) is 31.6 Å². The van der Waals surface area contributed by atoms with Gasteiger partial charge in [-0.1, -0.05) is 292 Å². The molecule has 0 aliphatic rings. The van der Waals surface area contributed by atoms with Crippen molar-refractivity contribution in [3.05, 3.63) is 0 Å². The quantitative estimate of drug-likeness (QED) is 0.0222. The van der Waals surface area contributed by atoms with Crippen molar-refractivity contribution in [1.29, 1.82) is 0 Å². The highest BCUT2D eigenvalue weighted by Gasteiger charge is 2.30. The number of aliphatic hydroxyl groups excluding tert-OH is 1. The van der Waals surface area contributed by atoms with E-state index in [9.17, 15) is 43.2 Å².